The van der Waals surface area contributed by atoms with Gasteiger partial charge in [-0.3, -0.25) is 0 Å². The Morgan fingerprint density at radius 2 is 2.06 bits per heavy atom. The number of para-hydroxylation sites is 1. The topological polar surface area (TPSA) is 56.0 Å². The van der Waals surface area contributed by atoms with E-state index < -0.39 is 11.0 Å². The Bertz CT molecular complexity index is 555. The summed E-state index contributed by atoms with van der Waals surface area (Å²) in [6.45, 7) is 6.42. The SMILES string of the molecule is CC(C)(C)c1cccc2sc(S(N)=O)nc12. The molecule has 2 aromatic rings. The van der Waals surface area contributed by atoms with Gasteiger partial charge >= 0.3 is 0 Å². The predicted molar refractivity (Wildman–Crippen MR) is 68.9 cm³/mol. The molecule has 1 unspecified atom stereocenters. The van der Waals surface area contributed by atoms with Crippen LogP contribution in [0.3, 0.4) is 0 Å². The fourth-order valence-corrected chi connectivity index (χ4v) is 3.12. The molecule has 0 spiro atoms. The van der Waals surface area contributed by atoms with E-state index in [4.69, 9.17) is 5.14 Å². The van der Waals surface area contributed by atoms with Gasteiger partial charge in [0, 0.05) is 0 Å². The van der Waals surface area contributed by atoms with Gasteiger partial charge in [-0.05, 0) is 17.0 Å². The first-order chi connectivity index (χ1) is 7.39. The molecule has 1 heterocycles. The molecule has 0 bridgehead atoms. The predicted octanol–water partition coefficient (Wildman–Crippen LogP) is 2.58. The first-order valence-electron chi connectivity index (χ1n) is 4.96. The largest absolute Gasteiger partial charge is 0.246 e. The molecule has 2 N–H and O–H groups in total. The highest BCUT2D eigenvalue weighted by Gasteiger charge is 2.19. The molecule has 3 nitrogen and oxygen atoms in total. The summed E-state index contributed by atoms with van der Waals surface area (Å²) in [5.74, 6) is 0. The van der Waals surface area contributed by atoms with Gasteiger partial charge in [-0.15, -0.1) is 11.3 Å². The van der Waals surface area contributed by atoms with E-state index in [1.54, 1.807) is 0 Å². The molecule has 0 aliphatic carbocycles. The summed E-state index contributed by atoms with van der Waals surface area (Å²) >= 11 is 1.40. The van der Waals surface area contributed by atoms with Crippen LogP contribution < -0.4 is 5.14 Å². The second-order valence-electron chi connectivity index (χ2n) is 4.68. The fourth-order valence-electron chi connectivity index (χ4n) is 1.62. The molecule has 1 atom stereocenters. The van der Waals surface area contributed by atoms with Crippen LogP contribution in [0.4, 0.5) is 0 Å². The Hall–Kier alpha value is -0.780. The molecule has 1 aromatic heterocycles. The van der Waals surface area contributed by atoms with E-state index in [1.165, 1.54) is 11.3 Å². The zero-order valence-corrected chi connectivity index (χ0v) is 11.1. The molecular weight excluding hydrogens is 240 g/mol. The lowest BCUT2D eigenvalue weighted by atomic mass is 9.86. The van der Waals surface area contributed by atoms with Crippen LogP contribution in [0.1, 0.15) is 26.3 Å². The van der Waals surface area contributed by atoms with Crippen LogP contribution in [0.15, 0.2) is 22.5 Å². The summed E-state index contributed by atoms with van der Waals surface area (Å²) < 4.78 is 12.7. The third kappa shape index (κ3) is 2.03. The highest BCUT2D eigenvalue weighted by Crippen LogP contribution is 2.32. The van der Waals surface area contributed by atoms with E-state index >= 15 is 0 Å². The summed E-state index contributed by atoms with van der Waals surface area (Å²) in [6.07, 6.45) is 0. The summed E-state index contributed by atoms with van der Waals surface area (Å²) in [5, 5.41) is 5.36. The van der Waals surface area contributed by atoms with Crippen molar-refractivity contribution in [2.45, 2.75) is 30.5 Å². The van der Waals surface area contributed by atoms with E-state index in [2.05, 4.69) is 31.8 Å². The van der Waals surface area contributed by atoms with Crippen LogP contribution >= 0.6 is 11.3 Å². The zero-order chi connectivity index (χ0) is 11.9. The fraction of sp³-hybridized carbons (Fsp3) is 0.364. The second-order valence-corrected chi connectivity index (χ2v) is 6.95. The average Bonchev–Trinajstić information content (AvgIpc) is 2.58. The molecule has 0 aliphatic heterocycles. The van der Waals surface area contributed by atoms with Crippen LogP contribution in [-0.2, 0) is 16.4 Å². The lowest BCUT2D eigenvalue weighted by Crippen LogP contribution is -2.11. The molecule has 0 saturated carbocycles. The molecule has 0 aliphatic rings. The Morgan fingerprint density at radius 1 is 1.38 bits per heavy atom. The van der Waals surface area contributed by atoms with Crippen LogP contribution in [0, 0.1) is 0 Å². The normalized spacial score (nSPS) is 14.2. The van der Waals surface area contributed by atoms with Crippen molar-refractivity contribution >= 4 is 32.5 Å². The summed E-state index contributed by atoms with van der Waals surface area (Å²) in [6, 6.07) is 6.05. The third-order valence-electron chi connectivity index (χ3n) is 2.38. The van der Waals surface area contributed by atoms with Gasteiger partial charge < -0.3 is 0 Å². The lowest BCUT2D eigenvalue weighted by Gasteiger charge is -2.19. The quantitative estimate of drug-likeness (QED) is 0.850. The maximum absolute atomic E-state index is 11.2. The van der Waals surface area contributed by atoms with Crippen molar-refractivity contribution in [2.75, 3.05) is 0 Å². The van der Waals surface area contributed by atoms with Crippen LogP contribution in [0.5, 0.6) is 0 Å². The molecule has 0 amide bonds. The van der Waals surface area contributed by atoms with Crippen molar-refractivity contribution in [3.63, 3.8) is 0 Å². The molecule has 2 rings (SSSR count). The summed E-state index contributed by atoms with van der Waals surface area (Å²) in [4.78, 5) is 4.37. The Labute approximate surface area is 101 Å². The van der Waals surface area contributed by atoms with Crippen molar-refractivity contribution < 1.29 is 4.21 Å². The molecule has 16 heavy (non-hydrogen) atoms. The summed E-state index contributed by atoms with van der Waals surface area (Å²) in [7, 11) is -1.49. The van der Waals surface area contributed by atoms with Gasteiger partial charge in [-0.1, -0.05) is 32.9 Å². The number of nitrogens with zero attached hydrogens (tertiary/aromatic N) is 1. The minimum atomic E-state index is -1.49. The molecule has 1 aromatic carbocycles. The van der Waals surface area contributed by atoms with Crippen LogP contribution in [-0.4, -0.2) is 9.19 Å². The van der Waals surface area contributed by atoms with E-state index in [1.807, 2.05) is 12.1 Å². The van der Waals surface area contributed by atoms with Gasteiger partial charge in [0.1, 0.15) is 0 Å². The number of hydrogen-bond donors (Lipinski definition) is 1. The van der Waals surface area contributed by atoms with Crippen molar-refractivity contribution in [2.24, 2.45) is 5.14 Å². The maximum Gasteiger partial charge on any atom is 0.197 e. The molecule has 0 fully saturated rings. The molecular formula is C11H14N2OS2. The number of nitrogens with two attached hydrogens (primary N) is 1. The lowest BCUT2D eigenvalue weighted by molar-refractivity contribution is 0.594. The smallest absolute Gasteiger partial charge is 0.197 e. The first kappa shape index (κ1) is 11.7. The van der Waals surface area contributed by atoms with Crippen LogP contribution in [0.25, 0.3) is 10.2 Å². The zero-order valence-electron chi connectivity index (χ0n) is 9.48. The van der Waals surface area contributed by atoms with Crippen molar-refractivity contribution in [1.82, 2.24) is 4.98 Å². The number of rotatable bonds is 1. The monoisotopic (exact) mass is 254 g/mol. The number of fused-ring (bicyclic) bond motifs is 1. The first-order valence-corrected chi connectivity index (χ1v) is 6.99. The average molecular weight is 254 g/mol. The van der Waals surface area contributed by atoms with Crippen molar-refractivity contribution in [1.29, 1.82) is 0 Å². The highest BCUT2D eigenvalue weighted by molar-refractivity contribution is 7.85. The van der Waals surface area contributed by atoms with Crippen molar-refractivity contribution in [3.8, 4) is 0 Å². The minimum Gasteiger partial charge on any atom is -0.246 e. The van der Waals surface area contributed by atoms with E-state index in [9.17, 15) is 4.21 Å². The second kappa shape index (κ2) is 3.91. The Kier molecular flexibility index (Phi) is 2.86. The standard InChI is InChI=1S/C11H14N2OS2/c1-11(2,3)7-5-4-6-8-9(7)13-10(15-8)16(12)14/h4-6H,12H2,1-3H3. The molecule has 0 saturated heterocycles. The molecule has 86 valence electrons. The third-order valence-corrected chi connectivity index (χ3v) is 4.37. The van der Waals surface area contributed by atoms with Gasteiger partial charge in [-0.2, -0.15) is 0 Å². The maximum atomic E-state index is 11.2. The van der Waals surface area contributed by atoms with E-state index in [-0.39, 0.29) is 5.41 Å². The van der Waals surface area contributed by atoms with Gasteiger partial charge in [0.2, 0.25) is 0 Å². The van der Waals surface area contributed by atoms with E-state index in [0.29, 0.717) is 4.34 Å². The Balaban J connectivity index is 2.73. The van der Waals surface area contributed by atoms with Gasteiger partial charge in [-0.25, -0.2) is 14.3 Å². The number of benzene rings is 1. The number of hydrogen-bond acceptors (Lipinski definition) is 3. The highest BCUT2D eigenvalue weighted by atomic mass is 32.2. The number of thiazole rings is 1. The summed E-state index contributed by atoms with van der Waals surface area (Å²) in [5.41, 5.74) is 2.12. The van der Waals surface area contributed by atoms with Crippen LogP contribution in [0.2, 0.25) is 0 Å². The molecule has 5 heteroatoms. The van der Waals surface area contributed by atoms with Gasteiger partial charge in [0.15, 0.2) is 15.3 Å². The Morgan fingerprint density at radius 3 is 2.62 bits per heavy atom. The van der Waals surface area contributed by atoms with Gasteiger partial charge in [0.25, 0.3) is 0 Å². The molecule has 0 radical (unpaired) electrons. The van der Waals surface area contributed by atoms with Crippen molar-refractivity contribution in [3.05, 3.63) is 23.8 Å². The minimum absolute atomic E-state index is 0.0287. The number of aromatic nitrogens is 1. The van der Waals surface area contributed by atoms with Gasteiger partial charge in [0.05, 0.1) is 10.2 Å². The van der Waals surface area contributed by atoms with E-state index in [0.717, 1.165) is 15.8 Å².